The molecule has 3 nitrogen and oxygen atoms in total. The van der Waals surface area contributed by atoms with E-state index >= 15 is 0 Å². The van der Waals surface area contributed by atoms with Crippen molar-refractivity contribution >= 4 is 5.71 Å². The van der Waals surface area contributed by atoms with Gasteiger partial charge in [0.05, 0.1) is 5.69 Å². The van der Waals surface area contributed by atoms with Crippen molar-refractivity contribution in [3.63, 3.8) is 0 Å². The van der Waals surface area contributed by atoms with Crippen molar-refractivity contribution in [3.8, 4) is 0 Å². The Hall–Kier alpha value is -2.16. The molecule has 0 bridgehead atoms. The second-order valence-corrected chi connectivity index (χ2v) is 3.27. The highest BCUT2D eigenvalue weighted by molar-refractivity contribution is 6.11. The molecule has 0 spiro atoms. The molecule has 1 N–H and O–H groups in total. The lowest BCUT2D eigenvalue weighted by Gasteiger charge is -2.05. The average Bonchev–Trinajstić information content (AvgIpc) is 2.38. The summed E-state index contributed by atoms with van der Waals surface area (Å²) in [4.78, 5) is 4.30. The van der Waals surface area contributed by atoms with E-state index in [4.69, 9.17) is 0 Å². The van der Waals surface area contributed by atoms with Gasteiger partial charge >= 0.3 is 0 Å². The molecule has 0 unspecified atom stereocenters. The van der Waals surface area contributed by atoms with E-state index in [1.165, 1.54) is 0 Å². The molecule has 1 aromatic carbocycles. The molecule has 0 aliphatic carbocycles. The maximum absolute atomic E-state index is 4.30. The second-order valence-electron chi connectivity index (χ2n) is 3.27. The monoisotopic (exact) mass is 211 g/mol. The number of nitrogens with one attached hydrogen (secondary N) is 1. The van der Waals surface area contributed by atoms with Crippen molar-refractivity contribution < 1.29 is 0 Å². The summed E-state index contributed by atoms with van der Waals surface area (Å²) in [7, 11) is 1.78. The van der Waals surface area contributed by atoms with Crippen LogP contribution in [0, 0.1) is 0 Å². The lowest BCUT2D eigenvalue weighted by atomic mass is 10.1. The van der Waals surface area contributed by atoms with Crippen LogP contribution < -0.4 is 5.43 Å². The second kappa shape index (κ2) is 5.07. The summed E-state index contributed by atoms with van der Waals surface area (Å²) in [5.41, 5.74) is 5.58. The summed E-state index contributed by atoms with van der Waals surface area (Å²) < 4.78 is 0. The molecule has 0 saturated heterocycles. The fraction of sp³-hybridized carbons (Fsp3) is 0.0769. The van der Waals surface area contributed by atoms with E-state index in [1.807, 2.05) is 48.5 Å². The summed E-state index contributed by atoms with van der Waals surface area (Å²) in [5, 5.41) is 4.27. The summed E-state index contributed by atoms with van der Waals surface area (Å²) >= 11 is 0. The number of aromatic nitrogens is 1. The van der Waals surface area contributed by atoms with Gasteiger partial charge in [-0.1, -0.05) is 36.4 Å². The van der Waals surface area contributed by atoms with Gasteiger partial charge in [-0.2, -0.15) is 5.10 Å². The molecule has 2 rings (SSSR count). The van der Waals surface area contributed by atoms with Crippen LogP contribution in [0.25, 0.3) is 0 Å². The summed E-state index contributed by atoms with van der Waals surface area (Å²) in [6.07, 6.45) is 1.77. The van der Waals surface area contributed by atoms with Crippen LogP contribution in [0.15, 0.2) is 59.8 Å². The fourth-order valence-electron chi connectivity index (χ4n) is 1.48. The molecule has 0 saturated carbocycles. The molecule has 2 aromatic rings. The van der Waals surface area contributed by atoms with E-state index in [-0.39, 0.29) is 0 Å². The SMILES string of the molecule is CNN=C(c1ccccc1)c1ccccn1. The van der Waals surface area contributed by atoms with E-state index in [2.05, 4.69) is 15.5 Å². The van der Waals surface area contributed by atoms with Gasteiger partial charge in [0.25, 0.3) is 0 Å². The van der Waals surface area contributed by atoms with Gasteiger partial charge in [-0.25, -0.2) is 0 Å². The first-order chi connectivity index (χ1) is 7.92. The molecule has 0 fully saturated rings. The molecule has 1 aromatic heterocycles. The number of hydrazone groups is 1. The van der Waals surface area contributed by atoms with Crippen molar-refractivity contribution in [2.75, 3.05) is 7.05 Å². The molecular formula is C13H13N3. The highest BCUT2D eigenvalue weighted by atomic mass is 15.3. The van der Waals surface area contributed by atoms with Crippen LogP contribution in [-0.4, -0.2) is 17.7 Å². The summed E-state index contributed by atoms with van der Waals surface area (Å²) in [6, 6.07) is 15.8. The number of benzene rings is 1. The Bertz CT molecular complexity index is 422. The molecule has 0 aliphatic rings. The maximum atomic E-state index is 4.30. The van der Waals surface area contributed by atoms with Gasteiger partial charge in [0, 0.05) is 18.8 Å². The minimum Gasteiger partial charge on any atom is -0.312 e. The van der Waals surface area contributed by atoms with Gasteiger partial charge in [0.1, 0.15) is 5.71 Å². The minimum atomic E-state index is 0.851. The smallest absolute Gasteiger partial charge is 0.116 e. The first-order valence-electron chi connectivity index (χ1n) is 5.13. The molecule has 3 heteroatoms. The predicted molar refractivity (Wildman–Crippen MR) is 65.4 cm³/mol. The minimum absolute atomic E-state index is 0.851. The van der Waals surface area contributed by atoms with E-state index in [9.17, 15) is 0 Å². The Morgan fingerprint density at radius 3 is 2.44 bits per heavy atom. The number of pyridine rings is 1. The molecule has 0 atom stereocenters. The Kier molecular flexibility index (Phi) is 3.28. The third-order valence-corrected chi connectivity index (χ3v) is 2.18. The Morgan fingerprint density at radius 1 is 1.06 bits per heavy atom. The highest BCUT2D eigenvalue weighted by Gasteiger charge is 2.06. The van der Waals surface area contributed by atoms with Crippen LogP contribution in [0.3, 0.4) is 0 Å². The third-order valence-electron chi connectivity index (χ3n) is 2.18. The van der Waals surface area contributed by atoms with Crippen molar-refractivity contribution in [1.82, 2.24) is 10.4 Å². The van der Waals surface area contributed by atoms with Crippen molar-refractivity contribution in [2.24, 2.45) is 5.10 Å². The predicted octanol–water partition coefficient (Wildman–Crippen LogP) is 2.05. The van der Waals surface area contributed by atoms with E-state index < -0.39 is 0 Å². The number of nitrogens with zero attached hydrogens (tertiary/aromatic N) is 2. The first kappa shape index (κ1) is 10.4. The molecule has 0 amide bonds. The fourth-order valence-corrected chi connectivity index (χ4v) is 1.48. The molecule has 0 radical (unpaired) electrons. The van der Waals surface area contributed by atoms with Gasteiger partial charge in [0.2, 0.25) is 0 Å². The van der Waals surface area contributed by atoms with Crippen LogP contribution in [-0.2, 0) is 0 Å². The zero-order valence-electron chi connectivity index (χ0n) is 9.09. The van der Waals surface area contributed by atoms with Crippen LogP contribution in [0.5, 0.6) is 0 Å². The van der Waals surface area contributed by atoms with Crippen LogP contribution >= 0.6 is 0 Å². The molecule has 0 aliphatic heterocycles. The maximum Gasteiger partial charge on any atom is 0.116 e. The largest absolute Gasteiger partial charge is 0.312 e. The quantitative estimate of drug-likeness (QED) is 0.623. The van der Waals surface area contributed by atoms with E-state index in [0.29, 0.717) is 0 Å². The number of rotatable bonds is 3. The zero-order valence-corrected chi connectivity index (χ0v) is 9.09. The summed E-state index contributed by atoms with van der Waals surface area (Å²) in [5.74, 6) is 0. The van der Waals surface area contributed by atoms with E-state index in [0.717, 1.165) is 17.0 Å². The molecule has 80 valence electrons. The van der Waals surface area contributed by atoms with Crippen LogP contribution in [0.2, 0.25) is 0 Å². The number of hydrogen-bond acceptors (Lipinski definition) is 3. The van der Waals surface area contributed by atoms with Gasteiger partial charge in [-0.3, -0.25) is 4.98 Å². The van der Waals surface area contributed by atoms with Crippen molar-refractivity contribution in [1.29, 1.82) is 0 Å². The molecule has 1 heterocycles. The highest BCUT2D eigenvalue weighted by Crippen LogP contribution is 2.07. The van der Waals surface area contributed by atoms with Crippen LogP contribution in [0.1, 0.15) is 11.3 Å². The topological polar surface area (TPSA) is 37.3 Å². The lowest BCUT2D eigenvalue weighted by Crippen LogP contribution is -2.10. The van der Waals surface area contributed by atoms with Gasteiger partial charge in [-0.05, 0) is 12.1 Å². The normalized spacial score (nSPS) is 11.2. The van der Waals surface area contributed by atoms with Crippen molar-refractivity contribution in [3.05, 3.63) is 66.0 Å². The first-order valence-corrected chi connectivity index (χ1v) is 5.13. The average molecular weight is 211 g/mol. The van der Waals surface area contributed by atoms with Crippen LogP contribution in [0.4, 0.5) is 0 Å². The lowest BCUT2D eigenvalue weighted by molar-refractivity contribution is 0.900. The van der Waals surface area contributed by atoms with Gasteiger partial charge in [0.15, 0.2) is 0 Å². The molecule has 16 heavy (non-hydrogen) atoms. The number of hydrogen-bond donors (Lipinski definition) is 1. The molecular weight excluding hydrogens is 198 g/mol. The van der Waals surface area contributed by atoms with Crippen molar-refractivity contribution in [2.45, 2.75) is 0 Å². The van der Waals surface area contributed by atoms with Gasteiger partial charge in [-0.15, -0.1) is 0 Å². The standard InChI is InChI=1S/C13H13N3/c1-14-16-13(11-7-3-2-4-8-11)12-9-5-6-10-15-12/h2-10,14H,1H3. The summed E-state index contributed by atoms with van der Waals surface area (Å²) in [6.45, 7) is 0. The third kappa shape index (κ3) is 2.25. The Morgan fingerprint density at radius 2 is 1.81 bits per heavy atom. The Labute approximate surface area is 94.9 Å². The van der Waals surface area contributed by atoms with E-state index in [1.54, 1.807) is 13.2 Å². The zero-order chi connectivity index (χ0) is 11.2. The Balaban J connectivity index is 2.44. The van der Waals surface area contributed by atoms with Gasteiger partial charge < -0.3 is 5.43 Å².